The molecule has 0 bridgehead atoms. The van der Waals surface area contributed by atoms with E-state index in [9.17, 15) is 4.79 Å². The molecule has 1 aliphatic carbocycles. The Hall–Kier alpha value is -1.81. The lowest BCUT2D eigenvalue weighted by molar-refractivity contribution is -0.140. The average molecular weight is 357 g/mol. The minimum Gasteiger partial charge on any atom is -0.496 e. The fourth-order valence-electron chi connectivity index (χ4n) is 4.52. The molecule has 0 radical (unpaired) electrons. The summed E-state index contributed by atoms with van der Waals surface area (Å²) in [6.45, 7) is 5.26. The fraction of sp³-hybridized carbons (Fsp3) is 0.591. The molecule has 1 saturated heterocycles. The number of aryl methyl sites for hydroxylation is 1. The molecule has 1 fully saturated rings. The molecular formula is C22H31NO3. The molecule has 0 saturated carbocycles. The number of likely N-dealkylation sites (N-methyl/N-ethyl adjacent to an activating group) is 1. The van der Waals surface area contributed by atoms with Crippen LogP contribution in [0.4, 0.5) is 0 Å². The molecule has 2 unspecified atom stereocenters. The highest BCUT2D eigenvalue weighted by molar-refractivity contribution is 5.70. The first-order valence-corrected chi connectivity index (χ1v) is 9.75. The number of hydrogen-bond donors (Lipinski definition) is 0. The quantitative estimate of drug-likeness (QED) is 0.709. The van der Waals surface area contributed by atoms with Crippen LogP contribution in [0.3, 0.4) is 0 Å². The summed E-state index contributed by atoms with van der Waals surface area (Å²) >= 11 is 0. The number of allylic oxidation sites excluding steroid dienone is 1. The van der Waals surface area contributed by atoms with Crippen LogP contribution in [0, 0.1) is 6.92 Å². The zero-order valence-electron chi connectivity index (χ0n) is 16.5. The number of carbonyl (C=O) groups is 1. The molecule has 0 spiro atoms. The van der Waals surface area contributed by atoms with E-state index in [0.29, 0.717) is 12.5 Å². The molecule has 0 amide bonds. The smallest absolute Gasteiger partial charge is 0.310 e. The van der Waals surface area contributed by atoms with Gasteiger partial charge in [-0.2, -0.15) is 0 Å². The first kappa shape index (κ1) is 19.0. The molecular weight excluding hydrogens is 326 g/mol. The normalized spacial score (nSPS) is 25.5. The van der Waals surface area contributed by atoms with Gasteiger partial charge in [-0.25, -0.2) is 0 Å². The van der Waals surface area contributed by atoms with E-state index < -0.39 is 0 Å². The summed E-state index contributed by atoms with van der Waals surface area (Å²) in [6.07, 6.45) is 7.43. The van der Waals surface area contributed by atoms with Crippen LogP contribution in [0.15, 0.2) is 30.0 Å². The third kappa shape index (κ3) is 3.52. The number of benzene rings is 1. The zero-order chi connectivity index (χ0) is 18.7. The average Bonchev–Trinajstić information content (AvgIpc) is 2.97. The summed E-state index contributed by atoms with van der Waals surface area (Å²) in [7, 11) is 3.90. The number of ether oxygens (including phenoxy) is 2. The van der Waals surface area contributed by atoms with Crippen molar-refractivity contribution in [2.75, 3.05) is 20.7 Å². The Labute approximate surface area is 157 Å². The number of carbonyl (C=O) groups excluding carboxylic acids is 1. The van der Waals surface area contributed by atoms with E-state index in [2.05, 4.69) is 50.1 Å². The molecule has 0 N–H and O–H groups in total. The lowest BCUT2D eigenvalue weighted by Crippen LogP contribution is -2.43. The van der Waals surface area contributed by atoms with Gasteiger partial charge in [0.1, 0.15) is 11.5 Å². The molecule has 1 heterocycles. The van der Waals surface area contributed by atoms with Crippen molar-refractivity contribution < 1.29 is 14.3 Å². The first-order chi connectivity index (χ1) is 12.5. The highest BCUT2D eigenvalue weighted by atomic mass is 16.5. The van der Waals surface area contributed by atoms with Crippen molar-refractivity contribution in [2.45, 2.75) is 63.8 Å². The van der Waals surface area contributed by atoms with Gasteiger partial charge in [0.2, 0.25) is 0 Å². The largest absolute Gasteiger partial charge is 0.496 e. The van der Waals surface area contributed by atoms with Gasteiger partial charge in [0.25, 0.3) is 0 Å². The fourth-order valence-corrected chi connectivity index (χ4v) is 4.52. The van der Waals surface area contributed by atoms with Gasteiger partial charge < -0.3 is 14.4 Å². The second kappa shape index (κ2) is 7.83. The number of rotatable bonds is 6. The summed E-state index contributed by atoms with van der Waals surface area (Å²) < 4.78 is 11.1. The molecule has 2 atom stereocenters. The molecule has 2 aliphatic rings. The number of hydrogen-bond acceptors (Lipinski definition) is 4. The van der Waals surface area contributed by atoms with Gasteiger partial charge in [0.15, 0.2) is 0 Å². The topological polar surface area (TPSA) is 38.8 Å². The van der Waals surface area contributed by atoms with Gasteiger partial charge >= 0.3 is 5.97 Å². The van der Waals surface area contributed by atoms with E-state index in [4.69, 9.17) is 9.47 Å². The first-order valence-electron chi connectivity index (χ1n) is 9.75. The van der Waals surface area contributed by atoms with Crippen LogP contribution in [0.25, 0.3) is 0 Å². The number of esters is 1. The van der Waals surface area contributed by atoms with Crippen molar-refractivity contribution in [3.05, 3.63) is 41.2 Å². The Morgan fingerprint density at radius 3 is 2.88 bits per heavy atom. The van der Waals surface area contributed by atoms with Gasteiger partial charge in [-0.1, -0.05) is 25.5 Å². The molecule has 4 heteroatoms. The number of fused-ring (bicyclic) bond motifs is 1. The monoisotopic (exact) mass is 357 g/mol. The van der Waals surface area contributed by atoms with Crippen LogP contribution in [-0.2, 0) is 14.9 Å². The van der Waals surface area contributed by atoms with Crippen molar-refractivity contribution in [2.24, 2.45) is 0 Å². The molecule has 4 nitrogen and oxygen atoms in total. The Bertz CT molecular complexity index is 697. The molecule has 0 aromatic heterocycles. The number of nitrogens with zero attached hydrogens (tertiary/aromatic N) is 1. The molecule has 1 aromatic rings. The van der Waals surface area contributed by atoms with Gasteiger partial charge in [0, 0.05) is 24.3 Å². The highest BCUT2D eigenvalue weighted by Gasteiger charge is 2.49. The van der Waals surface area contributed by atoms with E-state index in [-0.39, 0.29) is 11.4 Å². The van der Waals surface area contributed by atoms with Gasteiger partial charge in [-0.15, -0.1) is 0 Å². The summed E-state index contributed by atoms with van der Waals surface area (Å²) in [6, 6.07) is 6.94. The third-order valence-electron chi connectivity index (χ3n) is 6.12. The zero-order valence-corrected chi connectivity index (χ0v) is 16.5. The molecule has 142 valence electrons. The van der Waals surface area contributed by atoms with E-state index in [1.165, 1.54) is 11.1 Å². The molecule has 26 heavy (non-hydrogen) atoms. The maximum absolute atomic E-state index is 12.0. The van der Waals surface area contributed by atoms with Gasteiger partial charge in [-0.3, -0.25) is 4.79 Å². The van der Waals surface area contributed by atoms with Crippen molar-refractivity contribution in [3.8, 4) is 5.75 Å². The van der Waals surface area contributed by atoms with Crippen LogP contribution >= 0.6 is 0 Å². The van der Waals surface area contributed by atoms with Crippen molar-refractivity contribution in [1.29, 1.82) is 0 Å². The van der Waals surface area contributed by atoms with Gasteiger partial charge in [-0.05, 0) is 63.0 Å². The summed E-state index contributed by atoms with van der Waals surface area (Å²) in [5, 5.41) is 0. The predicted octanol–water partition coefficient (Wildman–Crippen LogP) is 4.36. The van der Waals surface area contributed by atoms with E-state index >= 15 is 0 Å². The van der Waals surface area contributed by atoms with Gasteiger partial charge in [0.05, 0.1) is 7.11 Å². The lowest BCUT2D eigenvalue weighted by Gasteiger charge is -2.41. The molecule has 3 rings (SSSR count). The number of likely N-dealkylation sites (tertiary alicyclic amines) is 1. The van der Waals surface area contributed by atoms with E-state index in [1.54, 1.807) is 7.11 Å². The Kier molecular flexibility index (Phi) is 5.71. The Morgan fingerprint density at radius 1 is 1.38 bits per heavy atom. The van der Waals surface area contributed by atoms with Crippen molar-refractivity contribution >= 4 is 5.97 Å². The summed E-state index contributed by atoms with van der Waals surface area (Å²) in [5.74, 6) is 1.70. The minimum atomic E-state index is -0.0912. The van der Waals surface area contributed by atoms with Crippen molar-refractivity contribution in [3.63, 3.8) is 0 Å². The predicted molar refractivity (Wildman–Crippen MR) is 103 cm³/mol. The standard InChI is InChI=1S/C22H31NO3/c1-5-6-7-21(24)26-18-10-11-22(12-13-23(3)20(22)15-18)17-8-9-19(25-4)16(2)14-17/h8-10,14,20H,5-7,11-13,15H2,1-4H3. The maximum Gasteiger partial charge on any atom is 0.310 e. The maximum atomic E-state index is 12.0. The van der Waals surface area contributed by atoms with Crippen molar-refractivity contribution in [1.82, 2.24) is 4.90 Å². The molecule has 1 aliphatic heterocycles. The Balaban J connectivity index is 1.83. The summed E-state index contributed by atoms with van der Waals surface area (Å²) in [4.78, 5) is 14.4. The molecule has 1 aromatic carbocycles. The van der Waals surface area contributed by atoms with Crippen LogP contribution < -0.4 is 4.74 Å². The Morgan fingerprint density at radius 2 is 2.19 bits per heavy atom. The lowest BCUT2D eigenvalue weighted by atomic mass is 9.68. The second-order valence-corrected chi connectivity index (χ2v) is 7.74. The van der Waals surface area contributed by atoms with Crippen LogP contribution in [-0.4, -0.2) is 37.6 Å². The SMILES string of the molecule is CCCCC(=O)OC1=CCC2(c3ccc(OC)c(C)c3)CCN(C)C2C1. The highest BCUT2D eigenvalue weighted by Crippen LogP contribution is 2.48. The number of methoxy groups -OCH3 is 1. The second-order valence-electron chi connectivity index (χ2n) is 7.74. The van der Waals surface area contributed by atoms with E-state index in [1.807, 2.05) is 0 Å². The van der Waals surface area contributed by atoms with Crippen LogP contribution in [0.5, 0.6) is 5.75 Å². The van der Waals surface area contributed by atoms with Crippen LogP contribution in [0.1, 0.15) is 56.6 Å². The summed E-state index contributed by atoms with van der Waals surface area (Å²) in [5.41, 5.74) is 2.65. The minimum absolute atomic E-state index is 0.0912. The number of unbranched alkanes of at least 4 members (excludes halogenated alkanes) is 1. The van der Waals surface area contributed by atoms with E-state index in [0.717, 1.165) is 50.2 Å². The van der Waals surface area contributed by atoms with Crippen LogP contribution in [0.2, 0.25) is 0 Å². The third-order valence-corrected chi connectivity index (χ3v) is 6.12.